The van der Waals surface area contributed by atoms with Crippen LogP contribution in [0.3, 0.4) is 0 Å². The topological polar surface area (TPSA) is 41.9 Å². The van der Waals surface area contributed by atoms with E-state index in [2.05, 4.69) is 22.9 Å². The summed E-state index contributed by atoms with van der Waals surface area (Å²) in [4.78, 5) is 20.4. The van der Waals surface area contributed by atoms with E-state index in [1.807, 2.05) is 85.8 Å². The van der Waals surface area contributed by atoms with Crippen LogP contribution in [0.4, 0.5) is 5.69 Å². The van der Waals surface area contributed by atoms with Crippen molar-refractivity contribution in [3.8, 4) is 5.75 Å². The van der Waals surface area contributed by atoms with Crippen LogP contribution in [0, 0.1) is 6.92 Å². The average Bonchev–Trinajstić information content (AvgIpc) is 3.10. The van der Waals surface area contributed by atoms with Crippen LogP contribution in [0.2, 0.25) is 0 Å². The number of benzene rings is 3. The van der Waals surface area contributed by atoms with Gasteiger partial charge in [-0.2, -0.15) is 0 Å². The van der Waals surface area contributed by atoms with Crippen molar-refractivity contribution in [2.75, 3.05) is 6.54 Å². The maximum absolute atomic E-state index is 13.2. The molecular formula is C27H25BrN2O2S. The Morgan fingerprint density at radius 2 is 1.76 bits per heavy atom. The molecule has 33 heavy (non-hydrogen) atoms. The monoisotopic (exact) mass is 520 g/mol. The van der Waals surface area contributed by atoms with Crippen molar-refractivity contribution >= 4 is 50.5 Å². The van der Waals surface area contributed by atoms with E-state index in [9.17, 15) is 4.79 Å². The Balaban J connectivity index is 1.58. The normalized spacial score (nSPS) is 16.1. The molecular weight excluding hydrogens is 496 g/mol. The number of hydrogen-bond donors (Lipinski definition) is 0. The van der Waals surface area contributed by atoms with E-state index in [1.54, 1.807) is 4.90 Å². The Morgan fingerprint density at radius 1 is 1.03 bits per heavy atom. The number of halogens is 1. The first-order valence-corrected chi connectivity index (χ1v) is 12.5. The van der Waals surface area contributed by atoms with Crippen LogP contribution in [0.5, 0.6) is 5.75 Å². The number of amides is 1. The lowest BCUT2D eigenvalue weighted by molar-refractivity contribution is -0.122. The van der Waals surface area contributed by atoms with E-state index in [1.165, 1.54) is 17.3 Å². The van der Waals surface area contributed by atoms with Gasteiger partial charge in [0.2, 0.25) is 0 Å². The fraction of sp³-hybridized carbons (Fsp3) is 0.185. The van der Waals surface area contributed by atoms with E-state index >= 15 is 0 Å². The van der Waals surface area contributed by atoms with Gasteiger partial charge >= 0.3 is 0 Å². The number of carbonyl (C=O) groups excluding carboxylic acids is 1. The molecule has 0 atom stereocenters. The van der Waals surface area contributed by atoms with E-state index in [0.29, 0.717) is 23.2 Å². The van der Waals surface area contributed by atoms with Crippen LogP contribution in [0.25, 0.3) is 6.08 Å². The summed E-state index contributed by atoms with van der Waals surface area (Å²) in [6.07, 6.45) is 2.77. The van der Waals surface area contributed by atoms with Gasteiger partial charge in [0.25, 0.3) is 5.91 Å². The van der Waals surface area contributed by atoms with Gasteiger partial charge in [0, 0.05) is 16.6 Å². The largest absolute Gasteiger partial charge is 0.488 e. The lowest BCUT2D eigenvalue weighted by Crippen LogP contribution is -2.29. The highest BCUT2D eigenvalue weighted by Crippen LogP contribution is 2.35. The van der Waals surface area contributed by atoms with Crippen molar-refractivity contribution in [1.29, 1.82) is 0 Å². The quantitative estimate of drug-likeness (QED) is 0.305. The molecule has 3 aromatic carbocycles. The third-order valence-electron chi connectivity index (χ3n) is 5.11. The van der Waals surface area contributed by atoms with Gasteiger partial charge in [0.05, 0.1) is 10.6 Å². The first kappa shape index (κ1) is 23.3. The highest BCUT2D eigenvalue weighted by molar-refractivity contribution is 9.10. The van der Waals surface area contributed by atoms with Crippen LogP contribution in [-0.2, 0) is 11.4 Å². The summed E-state index contributed by atoms with van der Waals surface area (Å²) < 4.78 is 7.13. The Hall–Kier alpha value is -2.83. The first-order valence-electron chi connectivity index (χ1n) is 10.9. The summed E-state index contributed by atoms with van der Waals surface area (Å²) in [6.45, 7) is 5.20. The Bertz CT molecular complexity index is 1190. The molecule has 0 bridgehead atoms. The molecule has 1 saturated heterocycles. The van der Waals surface area contributed by atoms with Crippen LogP contribution < -0.4 is 4.74 Å². The number of aryl methyl sites for hydroxylation is 1. The number of rotatable bonds is 7. The minimum atomic E-state index is -0.0181. The lowest BCUT2D eigenvalue weighted by atomic mass is 10.1. The minimum absolute atomic E-state index is 0.0181. The Labute approximate surface area is 207 Å². The highest BCUT2D eigenvalue weighted by Gasteiger charge is 2.33. The molecule has 1 fully saturated rings. The SMILES string of the molecule is CCCN1C(=O)/C(=C\c2ccccc2OCc2ccc(Br)cc2)SC1=Nc1ccc(C)cc1. The van der Waals surface area contributed by atoms with E-state index < -0.39 is 0 Å². The molecule has 1 aliphatic rings. The summed E-state index contributed by atoms with van der Waals surface area (Å²) >= 11 is 4.87. The van der Waals surface area contributed by atoms with Crippen molar-refractivity contribution in [1.82, 2.24) is 4.90 Å². The number of carbonyl (C=O) groups is 1. The van der Waals surface area contributed by atoms with Gasteiger partial charge in [-0.05, 0) is 67.1 Å². The summed E-state index contributed by atoms with van der Waals surface area (Å²) in [6, 6.07) is 23.9. The zero-order valence-electron chi connectivity index (χ0n) is 18.6. The van der Waals surface area contributed by atoms with Crippen LogP contribution >= 0.6 is 27.7 Å². The number of hydrogen-bond acceptors (Lipinski definition) is 4. The molecule has 0 unspecified atom stereocenters. The molecule has 4 rings (SSSR count). The fourth-order valence-electron chi connectivity index (χ4n) is 3.36. The van der Waals surface area contributed by atoms with Gasteiger partial charge in [-0.1, -0.05) is 70.9 Å². The van der Waals surface area contributed by atoms with Crippen molar-refractivity contribution in [2.45, 2.75) is 26.9 Å². The number of thioether (sulfide) groups is 1. The van der Waals surface area contributed by atoms with E-state index in [0.717, 1.165) is 33.5 Å². The van der Waals surface area contributed by atoms with Crippen molar-refractivity contribution in [3.63, 3.8) is 0 Å². The zero-order valence-corrected chi connectivity index (χ0v) is 21.0. The third-order valence-corrected chi connectivity index (χ3v) is 6.64. The molecule has 4 nitrogen and oxygen atoms in total. The maximum atomic E-state index is 13.2. The van der Waals surface area contributed by atoms with E-state index in [4.69, 9.17) is 9.73 Å². The smallest absolute Gasteiger partial charge is 0.266 e. The molecule has 1 aliphatic heterocycles. The predicted molar refractivity (Wildman–Crippen MR) is 141 cm³/mol. The van der Waals surface area contributed by atoms with Gasteiger partial charge in [-0.25, -0.2) is 4.99 Å². The molecule has 1 heterocycles. The highest BCUT2D eigenvalue weighted by atomic mass is 79.9. The lowest BCUT2D eigenvalue weighted by Gasteiger charge is -2.14. The maximum Gasteiger partial charge on any atom is 0.266 e. The number of amidine groups is 1. The number of ether oxygens (including phenoxy) is 1. The zero-order chi connectivity index (χ0) is 23.2. The molecule has 0 N–H and O–H groups in total. The van der Waals surface area contributed by atoms with Gasteiger partial charge in [-0.15, -0.1) is 0 Å². The molecule has 3 aromatic rings. The summed E-state index contributed by atoms with van der Waals surface area (Å²) in [5, 5.41) is 0.713. The van der Waals surface area contributed by atoms with Crippen LogP contribution in [0.15, 0.2) is 87.2 Å². The third kappa shape index (κ3) is 5.95. The van der Waals surface area contributed by atoms with Gasteiger partial charge in [0.1, 0.15) is 12.4 Å². The standard InChI is InChI=1S/C27H25BrN2O2S/c1-3-16-30-26(31)25(33-27(30)29-23-14-8-19(2)9-15-23)17-21-6-4-5-7-24(21)32-18-20-10-12-22(28)13-11-20/h4-15,17H,3,16,18H2,1-2H3/b25-17+,29-27?. The summed E-state index contributed by atoms with van der Waals surface area (Å²) in [5.74, 6) is 0.725. The second-order valence-electron chi connectivity index (χ2n) is 7.75. The average molecular weight is 521 g/mol. The van der Waals surface area contributed by atoms with Gasteiger partial charge < -0.3 is 4.74 Å². The van der Waals surface area contributed by atoms with Crippen molar-refractivity contribution in [2.24, 2.45) is 4.99 Å². The second kappa shape index (κ2) is 10.9. The molecule has 0 saturated carbocycles. The van der Waals surface area contributed by atoms with Crippen molar-refractivity contribution < 1.29 is 9.53 Å². The Kier molecular flexibility index (Phi) is 7.68. The van der Waals surface area contributed by atoms with Crippen LogP contribution in [0.1, 0.15) is 30.0 Å². The first-order chi connectivity index (χ1) is 16.0. The summed E-state index contributed by atoms with van der Waals surface area (Å²) in [7, 11) is 0. The molecule has 168 valence electrons. The predicted octanol–water partition coefficient (Wildman–Crippen LogP) is 7.35. The molecule has 6 heteroatoms. The van der Waals surface area contributed by atoms with Gasteiger partial charge in [0.15, 0.2) is 5.17 Å². The second-order valence-corrected chi connectivity index (χ2v) is 9.68. The number of aliphatic imine (C=N–C) groups is 1. The molecule has 0 aliphatic carbocycles. The number of nitrogens with zero attached hydrogens (tertiary/aromatic N) is 2. The number of para-hydroxylation sites is 1. The Morgan fingerprint density at radius 3 is 2.48 bits per heavy atom. The van der Waals surface area contributed by atoms with E-state index in [-0.39, 0.29) is 5.91 Å². The molecule has 0 spiro atoms. The van der Waals surface area contributed by atoms with Gasteiger partial charge in [-0.3, -0.25) is 9.69 Å². The van der Waals surface area contributed by atoms with Crippen molar-refractivity contribution in [3.05, 3.63) is 98.9 Å². The fourth-order valence-corrected chi connectivity index (χ4v) is 4.64. The summed E-state index contributed by atoms with van der Waals surface area (Å²) in [5.41, 5.74) is 3.98. The molecule has 1 amide bonds. The van der Waals surface area contributed by atoms with Crippen LogP contribution in [-0.4, -0.2) is 22.5 Å². The molecule has 0 radical (unpaired) electrons. The minimum Gasteiger partial charge on any atom is -0.488 e. The molecule has 0 aromatic heterocycles.